The van der Waals surface area contributed by atoms with Crippen LogP contribution in [0, 0.1) is 11.3 Å². The Morgan fingerprint density at radius 2 is 2.06 bits per heavy atom. The van der Waals surface area contributed by atoms with Crippen molar-refractivity contribution in [2.24, 2.45) is 11.3 Å². The Bertz CT molecular complexity index is 316. The molecular formula is C15H28N2O. The van der Waals surface area contributed by atoms with Crippen LogP contribution < -0.4 is 5.32 Å². The van der Waals surface area contributed by atoms with Crippen LogP contribution in [0.25, 0.3) is 0 Å². The molecule has 3 fully saturated rings. The Hall–Kier alpha value is -0.120. The number of hydrogen-bond donors (Lipinski definition) is 1. The Morgan fingerprint density at radius 1 is 1.28 bits per heavy atom. The third kappa shape index (κ3) is 1.91. The predicted octanol–water partition coefficient (Wildman–Crippen LogP) is 1.87. The third-order valence-electron chi connectivity index (χ3n) is 5.47. The van der Waals surface area contributed by atoms with Gasteiger partial charge in [-0.3, -0.25) is 4.90 Å². The van der Waals surface area contributed by atoms with Crippen LogP contribution in [0.4, 0.5) is 0 Å². The van der Waals surface area contributed by atoms with E-state index in [-0.39, 0.29) is 0 Å². The maximum Gasteiger partial charge on any atom is 0.0685 e. The van der Waals surface area contributed by atoms with E-state index in [1.54, 1.807) is 0 Å². The molecular weight excluding hydrogens is 224 g/mol. The largest absolute Gasteiger partial charge is 0.377 e. The number of likely N-dealkylation sites (tertiary alicyclic amines) is 1. The summed E-state index contributed by atoms with van der Waals surface area (Å²) in [6.45, 7) is 12.8. The Morgan fingerprint density at radius 3 is 2.72 bits per heavy atom. The lowest BCUT2D eigenvalue weighted by Gasteiger charge is -2.55. The summed E-state index contributed by atoms with van der Waals surface area (Å²) < 4.78 is 5.87. The first-order valence-corrected chi connectivity index (χ1v) is 7.62. The number of ether oxygens (including phenoxy) is 1. The van der Waals surface area contributed by atoms with E-state index in [1.807, 2.05) is 0 Å². The quantitative estimate of drug-likeness (QED) is 0.830. The SMILES string of the molecule is CC(C)N1CCC(NC2C3CCOC3C2(C)C)C1. The first kappa shape index (κ1) is 12.9. The van der Waals surface area contributed by atoms with Crippen LogP contribution >= 0.6 is 0 Å². The van der Waals surface area contributed by atoms with Crippen molar-refractivity contribution in [3.8, 4) is 0 Å². The van der Waals surface area contributed by atoms with Gasteiger partial charge in [-0.05, 0) is 33.2 Å². The lowest BCUT2D eigenvalue weighted by Crippen LogP contribution is -2.67. The first-order valence-electron chi connectivity index (χ1n) is 7.62. The topological polar surface area (TPSA) is 24.5 Å². The van der Waals surface area contributed by atoms with E-state index in [1.165, 1.54) is 25.9 Å². The molecule has 0 spiro atoms. The monoisotopic (exact) mass is 252 g/mol. The van der Waals surface area contributed by atoms with Crippen LogP contribution in [-0.4, -0.2) is 48.8 Å². The van der Waals surface area contributed by atoms with Crippen molar-refractivity contribution in [3.05, 3.63) is 0 Å². The summed E-state index contributed by atoms with van der Waals surface area (Å²) in [6.07, 6.45) is 3.08. The molecule has 2 heterocycles. The smallest absolute Gasteiger partial charge is 0.0685 e. The minimum absolute atomic E-state index is 0.326. The summed E-state index contributed by atoms with van der Waals surface area (Å²) in [4.78, 5) is 2.59. The Kier molecular flexibility index (Phi) is 3.20. The van der Waals surface area contributed by atoms with Crippen LogP contribution in [0.2, 0.25) is 0 Å². The van der Waals surface area contributed by atoms with Crippen LogP contribution in [0.5, 0.6) is 0 Å². The van der Waals surface area contributed by atoms with Gasteiger partial charge in [-0.15, -0.1) is 0 Å². The van der Waals surface area contributed by atoms with Crippen LogP contribution in [-0.2, 0) is 4.74 Å². The van der Waals surface area contributed by atoms with Gasteiger partial charge in [-0.2, -0.15) is 0 Å². The fraction of sp³-hybridized carbons (Fsp3) is 1.00. The molecule has 0 aromatic heterocycles. The molecule has 104 valence electrons. The highest BCUT2D eigenvalue weighted by atomic mass is 16.5. The molecule has 1 saturated carbocycles. The van der Waals surface area contributed by atoms with Gasteiger partial charge in [0.1, 0.15) is 0 Å². The van der Waals surface area contributed by atoms with Crippen molar-refractivity contribution in [1.82, 2.24) is 10.2 Å². The molecule has 3 nitrogen and oxygen atoms in total. The third-order valence-corrected chi connectivity index (χ3v) is 5.47. The average Bonchev–Trinajstić information content (AvgIpc) is 2.94. The standard InChI is InChI=1S/C15H28N2O/c1-10(2)17-7-5-11(9-17)16-13-12-6-8-18-14(12)15(13,3)4/h10-14,16H,5-9H2,1-4H3. The summed E-state index contributed by atoms with van der Waals surface area (Å²) in [5.41, 5.74) is 0.326. The van der Waals surface area contributed by atoms with E-state index in [9.17, 15) is 0 Å². The molecule has 4 atom stereocenters. The molecule has 18 heavy (non-hydrogen) atoms. The molecule has 2 aliphatic heterocycles. The summed E-state index contributed by atoms with van der Waals surface area (Å²) in [5.74, 6) is 0.771. The lowest BCUT2D eigenvalue weighted by atomic mass is 9.57. The number of hydrogen-bond acceptors (Lipinski definition) is 3. The van der Waals surface area contributed by atoms with Crippen LogP contribution in [0.15, 0.2) is 0 Å². The van der Waals surface area contributed by atoms with Gasteiger partial charge in [0.15, 0.2) is 0 Å². The maximum absolute atomic E-state index is 5.87. The number of nitrogens with one attached hydrogen (secondary N) is 1. The second kappa shape index (κ2) is 4.46. The summed E-state index contributed by atoms with van der Waals surface area (Å²) in [5, 5.41) is 3.94. The molecule has 4 unspecified atom stereocenters. The number of rotatable bonds is 3. The molecule has 3 aliphatic rings. The zero-order chi connectivity index (χ0) is 12.9. The molecule has 0 aromatic rings. The molecule has 0 aromatic carbocycles. The van der Waals surface area contributed by atoms with Crippen molar-refractivity contribution in [2.45, 2.75) is 64.8 Å². The number of fused-ring (bicyclic) bond motifs is 1. The van der Waals surface area contributed by atoms with Gasteiger partial charge >= 0.3 is 0 Å². The van der Waals surface area contributed by atoms with E-state index in [4.69, 9.17) is 4.74 Å². The highest BCUT2D eigenvalue weighted by Crippen LogP contribution is 2.52. The van der Waals surface area contributed by atoms with E-state index >= 15 is 0 Å². The van der Waals surface area contributed by atoms with Crippen molar-refractivity contribution in [1.29, 1.82) is 0 Å². The summed E-state index contributed by atoms with van der Waals surface area (Å²) in [7, 11) is 0. The fourth-order valence-corrected chi connectivity index (χ4v) is 4.31. The van der Waals surface area contributed by atoms with Gasteiger partial charge in [-0.25, -0.2) is 0 Å². The van der Waals surface area contributed by atoms with Crippen LogP contribution in [0.3, 0.4) is 0 Å². The summed E-state index contributed by atoms with van der Waals surface area (Å²) in [6, 6.07) is 2.05. The first-order chi connectivity index (χ1) is 8.50. The van der Waals surface area contributed by atoms with Gasteiger partial charge in [0.25, 0.3) is 0 Å². The van der Waals surface area contributed by atoms with Gasteiger partial charge in [0.05, 0.1) is 6.10 Å². The normalized spacial score (nSPS) is 43.2. The van der Waals surface area contributed by atoms with E-state index in [0.717, 1.165) is 12.5 Å². The molecule has 0 radical (unpaired) electrons. The average molecular weight is 252 g/mol. The van der Waals surface area contributed by atoms with Crippen molar-refractivity contribution < 1.29 is 4.74 Å². The minimum Gasteiger partial charge on any atom is -0.377 e. The highest BCUT2D eigenvalue weighted by molar-refractivity contribution is 5.12. The Balaban J connectivity index is 1.58. The Labute approximate surface area is 111 Å². The summed E-state index contributed by atoms with van der Waals surface area (Å²) >= 11 is 0. The second-order valence-electron chi connectivity index (χ2n) is 7.28. The van der Waals surface area contributed by atoms with E-state index < -0.39 is 0 Å². The molecule has 0 bridgehead atoms. The van der Waals surface area contributed by atoms with Gasteiger partial charge in [0.2, 0.25) is 0 Å². The zero-order valence-corrected chi connectivity index (χ0v) is 12.3. The number of nitrogens with zero attached hydrogens (tertiary/aromatic N) is 1. The molecule has 0 amide bonds. The van der Waals surface area contributed by atoms with Crippen molar-refractivity contribution in [3.63, 3.8) is 0 Å². The highest BCUT2D eigenvalue weighted by Gasteiger charge is 2.59. The molecule has 3 heteroatoms. The van der Waals surface area contributed by atoms with E-state index in [2.05, 4.69) is 37.9 Å². The molecule has 2 saturated heterocycles. The van der Waals surface area contributed by atoms with Gasteiger partial charge in [-0.1, -0.05) is 13.8 Å². The molecule has 3 rings (SSSR count). The van der Waals surface area contributed by atoms with Crippen LogP contribution in [0.1, 0.15) is 40.5 Å². The predicted molar refractivity (Wildman–Crippen MR) is 73.7 cm³/mol. The van der Waals surface area contributed by atoms with E-state index in [0.29, 0.717) is 29.6 Å². The fourth-order valence-electron chi connectivity index (χ4n) is 4.31. The maximum atomic E-state index is 5.87. The van der Waals surface area contributed by atoms with Gasteiger partial charge < -0.3 is 10.1 Å². The van der Waals surface area contributed by atoms with Crippen molar-refractivity contribution >= 4 is 0 Å². The molecule has 1 aliphatic carbocycles. The second-order valence-corrected chi connectivity index (χ2v) is 7.28. The van der Waals surface area contributed by atoms with Gasteiger partial charge in [0, 0.05) is 42.6 Å². The zero-order valence-electron chi connectivity index (χ0n) is 12.3. The lowest BCUT2D eigenvalue weighted by molar-refractivity contribution is -0.115. The minimum atomic E-state index is 0.326. The molecule has 1 N–H and O–H groups in total. The van der Waals surface area contributed by atoms with Crippen molar-refractivity contribution in [2.75, 3.05) is 19.7 Å².